The van der Waals surface area contributed by atoms with Crippen molar-refractivity contribution in [2.45, 2.75) is 25.5 Å². The smallest absolute Gasteiger partial charge is 0.258 e. The lowest BCUT2D eigenvalue weighted by molar-refractivity contribution is 0.102. The molecule has 1 saturated carbocycles. The molecule has 0 spiro atoms. The van der Waals surface area contributed by atoms with Gasteiger partial charge >= 0.3 is 0 Å². The average molecular weight is 360 g/mol. The van der Waals surface area contributed by atoms with Gasteiger partial charge in [-0.2, -0.15) is 0 Å². The van der Waals surface area contributed by atoms with E-state index in [0.717, 1.165) is 24.2 Å². The lowest BCUT2D eigenvalue weighted by atomic mass is 10.2. The summed E-state index contributed by atoms with van der Waals surface area (Å²) in [5.41, 5.74) is 2.21. The fourth-order valence-electron chi connectivity index (χ4n) is 2.51. The zero-order valence-corrected chi connectivity index (χ0v) is 14.8. The van der Waals surface area contributed by atoms with Crippen LogP contribution < -0.4 is 15.4 Å². The number of nitrogens with one attached hydrogen (secondary N) is 2. The zero-order valence-electron chi connectivity index (χ0n) is 14.8. The molecule has 3 aromatic rings. The highest BCUT2D eigenvalue weighted by atomic mass is 16.5. The lowest BCUT2D eigenvalue weighted by Gasteiger charge is -2.09. The van der Waals surface area contributed by atoms with E-state index in [0.29, 0.717) is 29.8 Å². The van der Waals surface area contributed by atoms with Crippen molar-refractivity contribution in [2.24, 2.45) is 0 Å². The molecule has 2 N–H and O–H groups in total. The number of hydrogen-bond donors (Lipinski definition) is 2. The zero-order chi connectivity index (χ0) is 18.5. The number of carbonyl (C=O) groups is 1. The van der Waals surface area contributed by atoms with E-state index in [4.69, 9.17) is 4.74 Å². The van der Waals surface area contributed by atoms with Gasteiger partial charge in [0.15, 0.2) is 0 Å². The Balaban J connectivity index is 1.31. The maximum absolute atomic E-state index is 12.3. The van der Waals surface area contributed by atoms with E-state index in [-0.39, 0.29) is 5.91 Å². The van der Waals surface area contributed by atoms with Crippen molar-refractivity contribution < 1.29 is 9.53 Å². The van der Waals surface area contributed by atoms with Gasteiger partial charge in [0, 0.05) is 24.1 Å². The monoisotopic (exact) mass is 360 g/mol. The molecule has 1 aliphatic carbocycles. The molecule has 1 amide bonds. The van der Waals surface area contributed by atoms with Crippen molar-refractivity contribution in [1.82, 2.24) is 9.97 Å². The highest BCUT2D eigenvalue weighted by molar-refractivity contribution is 6.03. The first-order valence-electron chi connectivity index (χ1n) is 8.93. The van der Waals surface area contributed by atoms with Gasteiger partial charge in [0.25, 0.3) is 5.91 Å². The molecule has 0 radical (unpaired) electrons. The fourth-order valence-corrected chi connectivity index (χ4v) is 2.51. The van der Waals surface area contributed by atoms with Crippen LogP contribution in [0.4, 0.5) is 11.6 Å². The van der Waals surface area contributed by atoms with Gasteiger partial charge in [-0.15, -0.1) is 0 Å². The molecular formula is C21H20N4O2. The predicted molar refractivity (Wildman–Crippen MR) is 104 cm³/mol. The van der Waals surface area contributed by atoms with Crippen LogP contribution in [0.1, 0.15) is 28.8 Å². The number of carbonyl (C=O) groups excluding carboxylic acids is 1. The first-order chi connectivity index (χ1) is 13.3. The molecule has 0 atom stereocenters. The molecule has 136 valence electrons. The fraction of sp³-hybridized carbons (Fsp3) is 0.190. The highest BCUT2D eigenvalue weighted by Crippen LogP contribution is 2.22. The first kappa shape index (κ1) is 17.0. The van der Waals surface area contributed by atoms with Crippen molar-refractivity contribution in [3.05, 3.63) is 78.1 Å². The summed E-state index contributed by atoms with van der Waals surface area (Å²) in [5, 5.41) is 6.03. The Kier molecular flexibility index (Phi) is 4.96. The minimum atomic E-state index is -0.245. The van der Waals surface area contributed by atoms with E-state index in [1.807, 2.05) is 54.6 Å². The molecule has 2 aromatic carbocycles. The SMILES string of the molecule is O=C(Nc1ccc(OCc2ccccc2)cc1)c1cnc(NC2CC2)nc1. The van der Waals surface area contributed by atoms with Crippen molar-refractivity contribution >= 4 is 17.5 Å². The Morgan fingerprint density at radius 3 is 2.37 bits per heavy atom. The van der Waals surface area contributed by atoms with Gasteiger partial charge in [-0.05, 0) is 42.7 Å². The van der Waals surface area contributed by atoms with Crippen LogP contribution in [0.3, 0.4) is 0 Å². The third-order valence-electron chi connectivity index (χ3n) is 4.19. The predicted octanol–water partition coefficient (Wildman–Crippen LogP) is 3.88. The molecule has 1 aromatic heterocycles. The summed E-state index contributed by atoms with van der Waals surface area (Å²) in [5.74, 6) is 1.07. The standard InChI is InChI=1S/C21H20N4O2/c26-20(16-12-22-21(23-13-16)25-18-6-7-18)24-17-8-10-19(11-9-17)27-14-15-4-2-1-3-5-15/h1-5,8-13,18H,6-7,14H2,(H,24,26)(H,22,23,25). The van der Waals surface area contributed by atoms with Crippen LogP contribution >= 0.6 is 0 Å². The molecule has 0 saturated heterocycles. The van der Waals surface area contributed by atoms with Crippen LogP contribution in [-0.2, 0) is 6.61 Å². The van der Waals surface area contributed by atoms with Gasteiger partial charge < -0.3 is 15.4 Å². The van der Waals surface area contributed by atoms with E-state index >= 15 is 0 Å². The second-order valence-electron chi connectivity index (χ2n) is 6.47. The third-order valence-corrected chi connectivity index (χ3v) is 4.19. The Morgan fingerprint density at radius 1 is 1.00 bits per heavy atom. The minimum Gasteiger partial charge on any atom is -0.489 e. The Hall–Kier alpha value is -3.41. The van der Waals surface area contributed by atoms with Crippen molar-refractivity contribution in [3.8, 4) is 5.75 Å². The quantitative estimate of drug-likeness (QED) is 0.669. The average Bonchev–Trinajstić information content (AvgIpc) is 3.53. The van der Waals surface area contributed by atoms with Gasteiger partial charge in [-0.1, -0.05) is 30.3 Å². The van der Waals surface area contributed by atoms with Gasteiger partial charge in [0.2, 0.25) is 5.95 Å². The number of benzene rings is 2. The molecule has 0 bridgehead atoms. The van der Waals surface area contributed by atoms with E-state index < -0.39 is 0 Å². The molecule has 6 nitrogen and oxygen atoms in total. The second-order valence-corrected chi connectivity index (χ2v) is 6.47. The van der Waals surface area contributed by atoms with E-state index in [9.17, 15) is 4.79 Å². The Bertz CT molecular complexity index is 892. The lowest BCUT2D eigenvalue weighted by Crippen LogP contribution is -2.13. The first-order valence-corrected chi connectivity index (χ1v) is 8.93. The summed E-state index contributed by atoms with van der Waals surface area (Å²) >= 11 is 0. The molecule has 6 heteroatoms. The summed E-state index contributed by atoms with van der Waals surface area (Å²) in [4.78, 5) is 20.7. The maximum Gasteiger partial charge on any atom is 0.258 e. The van der Waals surface area contributed by atoms with E-state index in [1.165, 1.54) is 12.4 Å². The van der Waals surface area contributed by atoms with Crippen LogP contribution in [0.25, 0.3) is 0 Å². The topological polar surface area (TPSA) is 76.1 Å². The van der Waals surface area contributed by atoms with Gasteiger partial charge in [-0.25, -0.2) is 9.97 Å². The Labute approximate surface area is 157 Å². The summed E-state index contributed by atoms with van der Waals surface area (Å²) in [6, 6.07) is 17.7. The van der Waals surface area contributed by atoms with Crippen molar-refractivity contribution in [3.63, 3.8) is 0 Å². The number of ether oxygens (including phenoxy) is 1. The summed E-state index contributed by atoms with van der Waals surface area (Å²) in [6.07, 6.45) is 5.36. The van der Waals surface area contributed by atoms with Crippen LogP contribution in [0, 0.1) is 0 Å². The number of hydrogen-bond acceptors (Lipinski definition) is 5. The largest absolute Gasteiger partial charge is 0.489 e. The van der Waals surface area contributed by atoms with Crippen LogP contribution in [0.2, 0.25) is 0 Å². The van der Waals surface area contributed by atoms with Gasteiger partial charge in [0.1, 0.15) is 12.4 Å². The van der Waals surface area contributed by atoms with E-state index in [2.05, 4.69) is 20.6 Å². The molecule has 4 rings (SSSR count). The third kappa shape index (κ3) is 4.82. The van der Waals surface area contributed by atoms with Gasteiger partial charge in [-0.3, -0.25) is 4.79 Å². The number of rotatable bonds is 7. The molecule has 27 heavy (non-hydrogen) atoms. The van der Waals surface area contributed by atoms with E-state index in [1.54, 1.807) is 0 Å². The maximum atomic E-state index is 12.3. The molecule has 0 aliphatic heterocycles. The molecule has 1 fully saturated rings. The molecule has 0 unspecified atom stereocenters. The summed E-state index contributed by atoms with van der Waals surface area (Å²) < 4.78 is 5.75. The number of aromatic nitrogens is 2. The molecule has 1 aliphatic rings. The van der Waals surface area contributed by atoms with Crippen molar-refractivity contribution in [1.29, 1.82) is 0 Å². The van der Waals surface area contributed by atoms with Crippen molar-refractivity contribution in [2.75, 3.05) is 10.6 Å². The normalized spacial score (nSPS) is 13.0. The van der Waals surface area contributed by atoms with Crippen LogP contribution in [-0.4, -0.2) is 21.9 Å². The summed E-state index contributed by atoms with van der Waals surface area (Å²) in [6.45, 7) is 0.505. The number of nitrogens with zero attached hydrogens (tertiary/aromatic N) is 2. The van der Waals surface area contributed by atoms with Crippen LogP contribution in [0.15, 0.2) is 67.0 Å². The minimum absolute atomic E-state index is 0.245. The Morgan fingerprint density at radius 2 is 1.70 bits per heavy atom. The van der Waals surface area contributed by atoms with Gasteiger partial charge in [0.05, 0.1) is 5.56 Å². The summed E-state index contributed by atoms with van der Waals surface area (Å²) in [7, 11) is 0. The molecular weight excluding hydrogens is 340 g/mol. The number of anilines is 2. The van der Waals surface area contributed by atoms with Crippen LogP contribution in [0.5, 0.6) is 5.75 Å². The highest BCUT2D eigenvalue weighted by Gasteiger charge is 2.21. The number of amides is 1. The second kappa shape index (κ2) is 7.86. The molecule has 1 heterocycles.